The first-order valence-electron chi connectivity index (χ1n) is 10.5. The zero-order valence-corrected chi connectivity index (χ0v) is 18.3. The Bertz CT molecular complexity index is 1060. The van der Waals surface area contributed by atoms with Crippen molar-refractivity contribution in [3.63, 3.8) is 0 Å². The van der Waals surface area contributed by atoms with Crippen molar-refractivity contribution in [3.8, 4) is 0 Å². The molecule has 1 aromatic carbocycles. The van der Waals surface area contributed by atoms with Gasteiger partial charge in [-0.3, -0.25) is 14.4 Å². The number of aromatic nitrogens is 1. The molecule has 3 heterocycles. The van der Waals surface area contributed by atoms with Gasteiger partial charge in [0.1, 0.15) is 5.82 Å². The zero-order chi connectivity index (χ0) is 22.3. The summed E-state index contributed by atoms with van der Waals surface area (Å²) in [5.74, 6) is 0.223. The lowest BCUT2D eigenvalue weighted by Crippen LogP contribution is -2.41. The van der Waals surface area contributed by atoms with Gasteiger partial charge in [-0.2, -0.15) is 0 Å². The predicted octanol–water partition coefficient (Wildman–Crippen LogP) is 3.56. The van der Waals surface area contributed by atoms with E-state index >= 15 is 0 Å². The fraction of sp³-hybridized carbons (Fsp3) is 0.250. The molecule has 2 aromatic heterocycles. The van der Waals surface area contributed by atoms with Crippen molar-refractivity contribution < 1.29 is 14.4 Å². The molecule has 1 saturated heterocycles. The van der Waals surface area contributed by atoms with Crippen molar-refractivity contribution in [2.75, 3.05) is 18.4 Å². The number of hydrogen-bond donors (Lipinski definition) is 2. The van der Waals surface area contributed by atoms with Gasteiger partial charge in [-0.05, 0) is 54.1 Å². The second-order valence-electron chi connectivity index (χ2n) is 7.63. The van der Waals surface area contributed by atoms with Crippen molar-refractivity contribution in [2.24, 2.45) is 5.92 Å². The van der Waals surface area contributed by atoms with Crippen LogP contribution in [0.5, 0.6) is 0 Å². The number of rotatable bonds is 6. The number of carbonyl (C=O) groups is 3. The Morgan fingerprint density at radius 2 is 1.78 bits per heavy atom. The van der Waals surface area contributed by atoms with Crippen LogP contribution in [0.15, 0.2) is 66.2 Å². The Hall–Kier alpha value is -3.52. The minimum Gasteiger partial charge on any atom is -0.347 e. The largest absolute Gasteiger partial charge is 0.347 e. The second-order valence-corrected chi connectivity index (χ2v) is 8.58. The highest BCUT2D eigenvalue weighted by Crippen LogP contribution is 2.21. The smallest absolute Gasteiger partial charge is 0.261 e. The van der Waals surface area contributed by atoms with Crippen LogP contribution < -0.4 is 10.6 Å². The number of nitrogens with zero attached hydrogens (tertiary/aromatic N) is 2. The SMILES string of the molecule is O=C(NCc1ccc(C(=O)N2CCC(C(=O)Nc3ccccn3)CC2)cc1)c1cccs1. The summed E-state index contributed by atoms with van der Waals surface area (Å²) in [6.45, 7) is 1.48. The summed E-state index contributed by atoms with van der Waals surface area (Å²) >= 11 is 1.40. The molecule has 3 aromatic rings. The summed E-state index contributed by atoms with van der Waals surface area (Å²) in [7, 11) is 0. The van der Waals surface area contributed by atoms with E-state index in [1.807, 2.05) is 29.6 Å². The highest BCUT2D eigenvalue weighted by atomic mass is 32.1. The molecule has 1 fully saturated rings. The Kier molecular flexibility index (Phi) is 6.91. The summed E-state index contributed by atoms with van der Waals surface area (Å²) in [5.41, 5.74) is 1.53. The third kappa shape index (κ3) is 5.39. The molecule has 0 aliphatic carbocycles. The van der Waals surface area contributed by atoms with E-state index < -0.39 is 0 Å². The summed E-state index contributed by atoms with van der Waals surface area (Å²) in [6, 6.07) is 16.3. The van der Waals surface area contributed by atoms with Crippen LogP contribution in [0.2, 0.25) is 0 Å². The van der Waals surface area contributed by atoms with Gasteiger partial charge in [0, 0.05) is 37.3 Å². The van der Waals surface area contributed by atoms with E-state index in [0.717, 1.165) is 5.56 Å². The van der Waals surface area contributed by atoms with Gasteiger partial charge in [-0.15, -0.1) is 11.3 Å². The van der Waals surface area contributed by atoms with Crippen LogP contribution in [0, 0.1) is 5.92 Å². The van der Waals surface area contributed by atoms with Crippen LogP contribution >= 0.6 is 11.3 Å². The standard InChI is InChI=1S/C24H24N4O3S/c29-22(27-21-5-1-2-12-25-21)18-10-13-28(14-11-18)24(31)19-8-6-17(7-9-19)16-26-23(30)20-4-3-15-32-20/h1-9,12,15,18H,10-11,13-14,16H2,(H,26,30)(H,25,27,29). The number of likely N-dealkylation sites (tertiary alicyclic amines) is 1. The van der Waals surface area contributed by atoms with Crippen molar-refractivity contribution in [3.05, 3.63) is 82.2 Å². The molecule has 3 amide bonds. The van der Waals surface area contributed by atoms with E-state index in [2.05, 4.69) is 15.6 Å². The Morgan fingerprint density at radius 3 is 2.44 bits per heavy atom. The summed E-state index contributed by atoms with van der Waals surface area (Å²) < 4.78 is 0. The normalized spacial score (nSPS) is 14.1. The van der Waals surface area contributed by atoms with Gasteiger partial charge in [-0.1, -0.05) is 24.3 Å². The Morgan fingerprint density at radius 1 is 1.00 bits per heavy atom. The average molecular weight is 449 g/mol. The van der Waals surface area contributed by atoms with Gasteiger partial charge in [0.25, 0.3) is 11.8 Å². The molecule has 0 saturated carbocycles. The third-order valence-corrected chi connectivity index (χ3v) is 6.34. The van der Waals surface area contributed by atoms with E-state index in [-0.39, 0.29) is 23.6 Å². The maximum absolute atomic E-state index is 12.8. The molecule has 32 heavy (non-hydrogen) atoms. The highest BCUT2D eigenvalue weighted by Gasteiger charge is 2.28. The maximum Gasteiger partial charge on any atom is 0.261 e. The number of pyridine rings is 1. The number of hydrogen-bond acceptors (Lipinski definition) is 5. The number of thiophene rings is 1. The number of anilines is 1. The molecule has 8 heteroatoms. The minimum atomic E-state index is -0.129. The van der Waals surface area contributed by atoms with Gasteiger partial charge in [-0.25, -0.2) is 4.98 Å². The fourth-order valence-electron chi connectivity index (χ4n) is 3.63. The molecule has 4 rings (SSSR count). The number of carbonyl (C=O) groups excluding carboxylic acids is 3. The first-order valence-corrected chi connectivity index (χ1v) is 11.4. The first-order chi connectivity index (χ1) is 15.6. The predicted molar refractivity (Wildman–Crippen MR) is 123 cm³/mol. The molecule has 2 N–H and O–H groups in total. The lowest BCUT2D eigenvalue weighted by molar-refractivity contribution is -0.121. The number of nitrogens with one attached hydrogen (secondary N) is 2. The first kappa shape index (κ1) is 21.7. The topological polar surface area (TPSA) is 91.4 Å². The summed E-state index contributed by atoms with van der Waals surface area (Å²) in [6.07, 6.45) is 2.88. The molecule has 0 bridgehead atoms. The maximum atomic E-state index is 12.8. The molecule has 164 valence electrons. The van der Waals surface area contributed by atoms with E-state index in [1.54, 1.807) is 41.4 Å². The average Bonchev–Trinajstić information content (AvgIpc) is 3.38. The van der Waals surface area contributed by atoms with E-state index in [9.17, 15) is 14.4 Å². The van der Waals surface area contributed by atoms with E-state index in [4.69, 9.17) is 0 Å². The van der Waals surface area contributed by atoms with Crippen LogP contribution in [0.25, 0.3) is 0 Å². The monoisotopic (exact) mass is 448 g/mol. The third-order valence-electron chi connectivity index (χ3n) is 5.47. The fourth-order valence-corrected chi connectivity index (χ4v) is 4.27. The molecule has 1 aliphatic rings. The van der Waals surface area contributed by atoms with Crippen molar-refractivity contribution >= 4 is 34.9 Å². The van der Waals surface area contributed by atoms with Gasteiger partial charge in [0.2, 0.25) is 5.91 Å². The quantitative estimate of drug-likeness (QED) is 0.603. The Labute approximate surface area is 190 Å². The van der Waals surface area contributed by atoms with Crippen LogP contribution in [0.3, 0.4) is 0 Å². The van der Waals surface area contributed by atoms with E-state index in [0.29, 0.717) is 48.7 Å². The lowest BCUT2D eigenvalue weighted by Gasteiger charge is -2.31. The number of benzene rings is 1. The zero-order valence-electron chi connectivity index (χ0n) is 17.5. The van der Waals surface area contributed by atoms with Gasteiger partial charge >= 0.3 is 0 Å². The summed E-state index contributed by atoms with van der Waals surface area (Å²) in [4.78, 5) is 43.9. The molecule has 1 aliphatic heterocycles. The van der Waals surface area contributed by atoms with Gasteiger partial charge in [0.15, 0.2) is 0 Å². The number of amides is 3. The molecule has 0 radical (unpaired) electrons. The molecule has 7 nitrogen and oxygen atoms in total. The summed E-state index contributed by atoms with van der Waals surface area (Å²) in [5, 5.41) is 7.59. The molecule has 0 atom stereocenters. The van der Waals surface area contributed by atoms with Crippen molar-refractivity contribution in [1.82, 2.24) is 15.2 Å². The van der Waals surface area contributed by atoms with E-state index in [1.165, 1.54) is 11.3 Å². The lowest BCUT2D eigenvalue weighted by atomic mass is 9.95. The van der Waals surface area contributed by atoms with Crippen LogP contribution in [-0.2, 0) is 11.3 Å². The molecule has 0 unspecified atom stereocenters. The second kappa shape index (κ2) is 10.2. The van der Waals surface area contributed by atoms with Crippen molar-refractivity contribution in [1.29, 1.82) is 0 Å². The van der Waals surface area contributed by atoms with Gasteiger partial charge < -0.3 is 15.5 Å². The Balaban J connectivity index is 1.25. The van der Waals surface area contributed by atoms with Crippen LogP contribution in [0.1, 0.15) is 38.4 Å². The number of piperidine rings is 1. The van der Waals surface area contributed by atoms with Gasteiger partial charge in [0.05, 0.1) is 4.88 Å². The molecular weight excluding hydrogens is 424 g/mol. The molecule has 0 spiro atoms. The van der Waals surface area contributed by atoms with Crippen LogP contribution in [0.4, 0.5) is 5.82 Å². The highest BCUT2D eigenvalue weighted by molar-refractivity contribution is 7.12. The van der Waals surface area contributed by atoms with Crippen LogP contribution in [-0.4, -0.2) is 40.7 Å². The molecular formula is C24H24N4O3S. The minimum absolute atomic E-state index is 0.0391. The van der Waals surface area contributed by atoms with Crippen molar-refractivity contribution in [2.45, 2.75) is 19.4 Å².